The lowest BCUT2D eigenvalue weighted by atomic mass is 9.93. The van der Waals surface area contributed by atoms with Crippen LogP contribution >= 0.6 is 11.3 Å². The highest BCUT2D eigenvalue weighted by atomic mass is 32.1. The number of thiazole rings is 1. The number of carbonyl (C=O) groups is 1. The SMILES string of the molecule is Cc1nc(C(=O)Nc2ccc(C3CN(C)C3)cn2)cs1. The number of anilines is 1. The number of carbonyl (C=O) groups excluding carboxylic acids is 1. The van der Waals surface area contributed by atoms with Crippen LogP contribution in [0.4, 0.5) is 5.82 Å². The smallest absolute Gasteiger partial charge is 0.276 e. The average molecular weight is 288 g/mol. The molecule has 6 heteroatoms. The van der Waals surface area contributed by atoms with Gasteiger partial charge in [-0.05, 0) is 25.6 Å². The lowest BCUT2D eigenvalue weighted by Crippen LogP contribution is -2.41. The maximum absolute atomic E-state index is 11.9. The van der Waals surface area contributed by atoms with Gasteiger partial charge < -0.3 is 10.2 Å². The van der Waals surface area contributed by atoms with Crippen molar-refractivity contribution in [3.63, 3.8) is 0 Å². The third-order valence-electron chi connectivity index (χ3n) is 3.42. The quantitative estimate of drug-likeness (QED) is 0.940. The third kappa shape index (κ3) is 2.71. The normalized spacial score (nSPS) is 15.9. The summed E-state index contributed by atoms with van der Waals surface area (Å²) in [7, 11) is 2.11. The second-order valence-electron chi connectivity index (χ2n) is 5.10. The Bertz CT molecular complexity index is 616. The second-order valence-corrected chi connectivity index (χ2v) is 6.16. The molecule has 1 aliphatic rings. The summed E-state index contributed by atoms with van der Waals surface area (Å²) in [5.41, 5.74) is 1.67. The summed E-state index contributed by atoms with van der Waals surface area (Å²) in [5, 5.41) is 5.40. The zero-order chi connectivity index (χ0) is 14.1. The molecule has 2 aromatic heterocycles. The number of rotatable bonds is 3. The zero-order valence-electron chi connectivity index (χ0n) is 11.5. The van der Waals surface area contributed by atoms with E-state index in [9.17, 15) is 4.79 Å². The van der Waals surface area contributed by atoms with Crippen molar-refractivity contribution in [3.05, 3.63) is 40.0 Å². The van der Waals surface area contributed by atoms with Crippen molar-refractivity contribution >= 4 is 23.1 Å². The Morgan fingerprint density at radius 1 is 1.45 bits per heavy atom. The largest absolute Gasteiger partial charge is 0.305 e. The Balaban J connectivity index is 1.64. The number of pyridine rings is 1. The van der Waals surface area contributed by atoms with Crippen molar-refractivity contribution in [3.8, 4) is 0 Å². The van der Waals surface area contributed by atoms with Crippen LogP contribution in [0.5, 0.6) is 0 Å². The van der Waals surface area contributed by atoms with E-state index < -0.39 is 0 Å². The molecule has 0 aliphatic carbocycles. The molecule has 1 saturated heterocycles. The fraction of sp³-hybridized carbons (Fsp3) is 0.357. The van der Waals surface area contributed by atoms with E-state index in [1.54, 1.807) is 5.38 Å². The molecule has 0 atom stereocenters. The van der Waals surface area contributed by atoms with Gasteiger partial charge in [0.1, 0.15) is 11.5 Å². The first-order chi connectivity index (χ1) is 9.61. The van der Waals surface area contributed by atoms with E-state index in [4.69, 9.17) is 0 Å². The van der Waals surface area contributed by atoms with Gasteiger partial charge in [0, 0.05) is 30.6 Å². The molecule has 1 fully saturated rings. The van der Waals surface area contributed by atoms with Gasteiger partial charge in [-0.2, -0.15) is 0 Å². The number of likely N-dealkylation sites (tertiary alicyclic amines) is 1. The summed E-state index contributed by atoms with van der Waals surface area (Å²) in [6.07, 6.45) is 1.85. The van der Waals surface area contributed by atoms with E-state index in [-0.39, 0.29) is 5.91 Å². The van der Waals surface area contributed by atoms with E-state index >= 15 is 0 Å². The van der Waals surface area contributed by atoms with Gasteiger partial charge in [0.25, 0.3) is 5.91 Å². The maximum atomic E-state index is 11.9. The van der Waals surface area contributed by atoms with Crippen LogP contribution in [0, 0.1) is 6.92 Å². The Labute approximate surface area is 121 Å². The predicted molar refractivity (Wildman–Crippen MR) is 79.3 cm³/mol. The molecule has 104 valence electrons. The number of likely N-dealkylation sites (N-methyl/N-ethyl adjacent to an activating group) is 1. The van der Waals surface area contributed by atoms with Gasteiger partial charge in [-0.1, -0.05) is 6.07 Å². The van der Waals surface area contributed by atoms with Gasteiger partial charge in [-0.25, -0.2) is 9.97 Å². The number of nitrogens with zero attached hydrogens (tertiary/aromatic N) is 3. The molecule has 20 heavy (non-hydrogen) atoms. The molecule has 3 heterocycles. The molecule has 3 rings (SSSR count). The molecule has 0 radical (unpaired) electrons. The summed E-state index contributed by atoms with van der Waals surface area (Å²) in [6, 6.07) is 3.89. The summed E-state index contributed by atoms with van der Waals surface area (Å²) < 4.78 is 0. The van der Waals surface area contributed by atoms with Gasteiger partial charge in [-0.15, -0.1) is 11.3 Å². The van der Waals surface area contributed by atoms with Crippen LogP contribution in [-0.4, -0.2) is 40.9 Å². The number of nitrogens with one attached hydrogen (secondary N) is 1. The number of hydrogen-bond acceptors (Lipinski definition) is 5. The Hall–Kier alpha value is -1.79. The van der Waals surface area contributed by atoms with Crippen molar-refractivity contribution in [1.82, 2.24) is 14.9 Å². The molecule has 2 aromatic rings. The lowest BCUT2D eigenvalue weighted by molar-refractivity contribution is 0.102. The highest BCUT2D eigenvalue weighted by molar-refractivity contribution is 7.09. The van der Waals surface area contributed by atoms with Crippen LogP contribution < -0.4 is 5.32 Å². The minimum absolute atomic E-state index is 0.210. The third-order valence-corrected chi connectivity index (χ3v) is 4.19. The highest BCUT2D eigenvalue weighted by Crippen LogP contribution is 2.25. The summed E-state index contributed by atoms with van der Waals surface area (Å²) >= 11 is 1.46. The van der Waals surface area contributed by atoms with E-state index in [1.165, 1.54) is 16.9 Å². The van der Waals surface area contributed by atoms with E-state index in [0.29, 0.717) is 17.4 Å². The molecule has 1 amide bonds. The number of hydrogen-bond donors (Lipinski definition) is 1. The molecule has 0 spiro atoms. The summed E-state index contributed by atoms with van der Waals surface area (Å²) in [4.78, 5) is 22.7. The average Bonchev–Trinajstić information content (AvgIpc) is 2.83. The predicted octanol–water partition coefficient (Wildman–Crippen LogP) is 2.13. The number of aryl methyl sites for hydroxylation is 1. The van der Waals surface area contributed by atoms with Gasteiger partial charge >= 0.3 is 0 Å². The van der Waals surface area contributed by atoms with Crippen LogP contribution in [0.2, 0.25) is 0 Å². The molecule has 1 aliphatic heterocycles. The molecule has 0 saturated carbocycles. The standard InChI is InChI=1S/C14H16N4OS/c1-9-16-12(8-20-9)14(19)17-13-4-3-10(5-15-13)11-6-18(2)7-11/h3-5,8,11H,6-7H2,1-2H3,(H,15,17,19). The van der Waals surface area contributed by atoms with Crippen molar-refractivity contribution in [2.45, 2.75) is 12.8 Å². The van der Waals surface area contributed by atoms with Gasteiger partial charge in [-0.3, -0.25) is 4.79 Å². The first-order valence-electron chi connectivity index (χ1n) is 6.50. The van der Waals surface area contributed by atoms with Crippen LogP contribution in [-0.2, 0) is 0 Å². The minimum atomic E-state index is -0.210. The van der Waals surface area contributed by atoms with Crippen molar-refractivity contribution in [2.24, 2.45) is 0 Å². The fourth-order valence-corrected chi connectivity index (χ4v) is 2.87. The molecule has 0 unspecified atom stereocenters. The first kappa shape index (κ1) is 13.2. The van der Waals surface area contributed by atoms with Gasteiger partial charge in [0.05, 0.1) is 5.01 Å². The van der Waals surface area contributed by atoms with Crippen LogP contribution in [0.3, 0.4) is 0 Å². The van der Waals surface area contributed by atoms with Crippen molar-refractivity contribution < 1.29 is 4.79 Å². The number of aromatic nitrogens is 2. The molecule has 0 aromatic carbocycles. The number of amides is 1. The second kappa shape index (κ2) is 5.30. The Morgan fingerprint density at radius 2 is 2.25 bits per heavy atom. The maximum Gasteiger partial charge on any atom is 0.276 e. The zero-order valence-corrected chi connectivity index (χ0v) is 12.3. The van der Waals surface area contributed by atoms with Gasteiger partial charge in [0.2, 0.25) is 0 Å². The highest BCUT2D eigenvalue weighted by Gasteiger charge is 2.24. The molecule has 0 bridgehead atoms. The van der Waals surface area contributed by atoms with Crippen molar-refractivity contribution in [1.29, 1.82) is 0 Å². The Kier molecular flexibility index (Phi) is 3.50. The van der Waals surface area contributed by atoms with Gasteiger partial charge in [0.15, 0.2) is 0 Å². The lowest BCUT2D eigenvalue weighted by Gasteiger charge is -2.36. The summed E-state index contributed by atoms with van der Waals surface area (Å²) in [5.74, 6) is 0.925. The van der Waals surface area contributed by atoms with Crippen LogP contribution in [0.1, 0.15) is 27.0 Å². The molecule has 5 nitrogen and oxygen atoms in total. The topological polar surface area (TPSA) is 58.1 Å². The first-order valence-corrected chi connectivity index (χ1v) is 7.38. The fourth-order valence-electron chi connectivity index (χ4n) is 2.28. The van der Waals surface area contributed by atoms with E-state index in [1.807, 2.05) is 25.3 Å². The monoisotopic (exact) mass is 288 g/mol. The van der Waals surface area contributed by atoms with Crippen LogP contribution in [0.25, 0.3) is 0 Å². The molecular formula is C14H16N4OS. The Morgan fingerprint density at radius 3 is 2.80 bits per heavy atom. The van der Waals surface area contributed by atoms with Crippen molar-refractivity contribution in [2.75, 3.05) is 25.5 Å². The van der Waals surface area contributed by atoms with E-state index in [2.05, 4.69) is 27.2 Å². The summed E-state index contributed by atoms with van der Waals surface area (Å²) in [6.45, 7) is 4.03. The van der Waals surface area contributed by atoms with Crippen LogP contribution in [0.15, 0.2) is 23.7 Å². The van der Waals surface area contributed by atoms with E-state index in [0.717, 1.165) is 18.1 Å². The minimum Gasteiger partial charge on any atom is -0.305 e. The molecular weight excluding hydrogens is 272 g/mol. The molecule has 1 N–H and O–H groups in total.